The molecule has 0 saturated carbocycles. The first-order valence-electron chi connectivity index (χ1n) is 8.04. The Labute approximate surface area is 140 Å². The molecule has 1 aliphatic heterocycles. The second kappa shape index (κ2) is 7.83. The number of hydrogen-bond acceptors (Lipinski definition) is 5. The zero-order valence-electron chi connectivity index (χ0n) is 13.4. The van der Waals surface area contributed by atoms with E-state index < -0.39 is 0 Å². The van der Waals surface area contributed by atoms with Gasteiger partial charge in [0.25, 0.3) is 0 Å². The number of aromatic amines is 1. The predicted octanol–water partition coefficient (Wildman–Crippen LogP) is 1.24. The molecule has 0 bridgehead atoms. The van der Waals surface area contributed by atoms with Gasteiger partial charge in [-0.25, -0.2) is 4.98 Å². The van der Waals surface area contributed by atoms with Crippen LogP contribution in [0.4, 0.5) is 0 Å². The van der Waals surface area contributed by atoms with Crippen molar-refractivity contribution >= 4 is 11.7 Å². The molecule has 0 spiro atoms. The van der Waals surface area contributed by atoms with Crippen molar-refractivity contribution in [2.45, 2.75) is 25.3 Å². The number of aromatic nitrogens is 3. The molecule has 2 heterocycles. The number of carbonyl (C=O) groups is 2. The van der Waals surface area contributed by atoms with Crippen molar-refractivity contribution in [1.82, 2.24) is 20.1 Å². The minimum Gasteiger partial charge on any atom is -0.377 e. The Morgan fingerprint density at radius 1 is 1.29 bits per heavy atom. The summed E-state index contributed by atoms with van der Waals surface area (Å²) < 4.78 is 5.48. The van der Waals surface area contributed by atoms with Gasteiger partial charge in [-0.1, -0.05) is 30.3 Å². The van der Waals surface area contributed by atoms with Crippen molar-refractivity contribution in [3.63, 3.8) is 0 Å². The zero-order valence-corrected chi connectivity index (χ0v) is 13.4. The van der Waals surface area contributed by atoms with Crippen LogP contribution in [0.2, 0.25) is 0 Å². The summed E-state index contributed by atoms with van der Waals surface area (Å²) in [7, 11) is 0. The Balaban J connectivity index is 1.60. The molecule has 0 radical (unpaired) electrons. The number of nitrogens with one attached hydrogen (secondary N) is 1. The number of aryl methyl sites for hydroxylation is 1. The summed E-state index contributed by atoms with van der Waals surface area (Å²) in [4.78, 5) is 30.7. The highest BCUT2D eigenvalue weighted by molar-refractivity contribution is 5.96. The molecule has 1 aliphatic rings. The van der Waals surface area contributed by atoms with Crippen LogP contribution in [0, 0.1) is 0 Å². The van der Waals surface area contributed by atoms with Gasteiger partial charge < -0.3 is 9.64 Å². The fraction of sp³-hybridized carbons (Fsp3) is 0.412. The maximum Gasteiger partial charge on any atom is 0.223 e. The van der Waals surface area contributed by atoms with E-state index in [1.165, 1.54) is 6.33 Å². The van der Waals surface area contributed by atoms with Crippen molar-refractivity contribution in [1.29, 1.82) is 0 Å². The van der Waals surface area contributed by atoms with Crippen molar-refractivity contribution in [3.05, 3.63) is 48.0 Å². The first kappa shape index (κ1) is 16.3. The van der Waals surface area contributed by atoms with E-state index in [9.17, 15) is 9.59 Å². The largest absolute Gasteiger partial charge is 0.377 e. The smallest absolute Gasteiger partial charge is 0.223 e. The minimum atomic E-state index is -0.214. The maximum atomic E-state index is 12.5. The molecule has 2 aromatic rings. The molecule has 3 rings (SSSR count). The van der Waals surface area contributed by atoms with E-state index >= 15 is 0 Å². The van der Waals surface area contributed by atoms with E-state index in [2.05, 4.69) is 15.2 Å². The van der Waals surface area contributed by atoms with Gasteiger partial charge in [0.05, 0.1) is 19.3 Å². The number of ketones is 1. The average molecular weight is 328 g/mol. The van der Waals surface area contributed by atoms with Crippen molar-refractivity contribution < 1.29 is 14.3 Å². The molecule has 1 N–H and O–H groups in total. The lowest BCUT2D eigenvalue weighted by Crippen LogP contribution is -2.49. The Bertz CT molecular complexity index is 672. The van der Waals surface area contributed by atoms with Crippen molar-refractivity contribution in [3.8, 4) is 0 Å². The summed E-state index contributed by atoms with van der Waals surface area (Å²) >= 11 is 0. The molecule has 1 aromatic carbocycles. The molecule has 0 aliphatic carbocycles. The summed E-state index contributed by atoms with van der Waals surface area (Å²) in [5.41, 5.74) is 0.664. The summed E-state index contributed by atoms with van der Waals surface area (Å²) in [6.07, 6.45) is 2.55. The second-order valence-corrected chi connectivity index (χ2v) is 5.74. The van der Waals surface area contributed by atoms with E-state index in [4.69, 9.17) is 4.74 Å². The van der Waals surface area contributed by atoms with E-state index in [1.54, 1.807) is 17.0 Å². The summed E-state index contributed by atoms with van der Waals surface area (Å²) in [5.74, 6) is 0.730. The molecular formula is C17H20N4O3. The Hall–Kier alpha value is -2.54. The number of benzene rings is 1. The SMILES string of the molecule is O=C(CC1COCCN1C(=O)CCc1ncn[nH]1)c1ccccc1. The highest BCUT2D eigenvalue weighted by Crippen LogP contribution is 2.16. The number of rotatable bonds is 6. The molecule has 1 aromatic heterocycles. The average Bonchev–Trinajstić information content (AvgIpc) is 3.14. The van der Waals surface area contributed by atoms with Crippen LogP contribution in [-0.4, -0.2) is 57.6 Å². The number of H-pyrrole nitrogens is 1. The van der Waals surface area contributed by atoms with Gasteiger partial charge in [-0.2, -0.15) is 5.10 Å². The van der Waals surface area contributed by atoms with Crippen LogP contribution in [0.1, 0.15) is 29.0 Å². The number of amides is 1. The van der Waals surface area contributed by atoms with Gasteiger partial charge in [-0.15, -0.1) is 0 Å². The predicted molar refractivity (Wildman–Crippen MR) is 86.4 cm³/mol. The molecule has 1 unspecified atom stereocenters. The number of ether oxygens (including phenoxy) is 1. The third-order valence-corrected chi connectivity index (χ3v) is 4.11. The lowest BCUT2D eigenvalue weighted by atomic mass is 10.0. The molecule has 7 heteroatoms. The van der Waals surface area contributed by atoms with Crippen LogP contribution in [0.15, 0.2) is 36.7 Å². The number of hydrogen-bond donors (Lipinski definition) is 1. The fourth-order valence-electron chi connectivity index (χ4n) is 2.83. The minimum absolute atomic E-state index is 0.0144. The first-order valence-corrected chi connectivity index (χ1v) is 8.04. The summed E-state index contributed by atoms with van der Waals surface area (Å²) in [5, 5.41) is 6.52. The summed E-state index contributed by atoms with van der Waals surface area (Å²) in [6, 6.07) is 8.92. The number of Topliss-reactive ketones (excluding diaryl/α,β-unsaturated/α-hetero) is 1. The number of nitrogens with zero attached hydrogens (tertiary/aromatic N) is 3. The van der Waals surface area contributed by atoms with Crippen LogP contribution in [0.3, 0.4) is 0 Å². The van der Waals surface area contributed by atoms with Crippen LogP contribution in [0.5, 0.6) is 0 Å². The van der Waals surface area contributed by atoms with E-state index in [1.807, 2.05) is 18.2 Å². The molecule has 1 saturated heterocycles. The van der Waals surface area contributed by atoms with Gasteiger partial charge in [0.2, 0.25) is 5.91 Å². The third kappa shape index (κ3) is 4.05. The van der Waals surface area contributed by atoms with Crippen molar-refractivity contribution in [2.75, 3.05) is 19.8 Å². The van der Waals surface area contributed by atoms with Crippen LogP contribution in [0.25, 0.3) is 0 Å². The molecule has 1 amide bonds. The van der Waals surface area contributed by atoms with E-state index in [0.29, 0.717) is 44.0 Å². The molecule has 7 nitrogen and oxygen atoms in total. The zero-order chi connectivity index (χ0) is 16.8. The molecule has 1 fully saturated rings. The number of carbonyl (C=O) groups excluding carboxylic acids is 2. The van der Waals surface area contributed by atoms with Crippen LogP contribution >= 0.6 is 0 Å². The molecule has 24 heavy (non-hydrogen) atoms. The van der Waals surface area contributed by atoms with Crippen LogP contribution in [-0.2, 0) is 16.0 Å². The van der Waals surface area contributed by atoms with Gasteiger partial charge in [0.15, 0.2) is 5.78 Å². The molecule has 1 atom stereocenters. The first-order chi connectivity index (χ1) is 11.7. The molecule has 126 valence electrons. The standard InChI is InChI=1S/C17H20N4O3/c22-15(13-4-2-1-3-5-13)10-14-11-24-9-8-21(14)17(23)7-6-16-18-12-19-20-16/h1-5,12,14H,6-11H2,(H,18,19,20). The number of morpholine rings is 1. The van der Waals surface area contributed by atoms with Gasteiger partial charge in [-0.05, 0) is 0 Å². The lowest BCUT2D eigenvalue weighted by Gasteiger charge is -2.35. The van der Waals surface area contributed by atoms with E-state index in [0.717, 1.165) is 0 Å². The quantitative estimate of drug-likeness (QED) is 0.806. The van der Waals surface area contributed by atoms with Crippen molar-refractivity contribution in [2.24, 2.45) is 0 Å². The fourth-order valence-corrected chi connectivity index (χ4v) is 2.83. The Morgan fingerprint density at radius 2 is 2.12 bits per heavy atom. The monoisotopic (exact) mass is 328 g/mol. The van der Waals surface area contributed by atoms with Gasteiger partial charge in [-0.3, -0.25) is 14.7 Å². The summed E-state index contributed by atoms with van der Waals surface area (Å²) in [6.45, 7) is 1.42. The maximum absolute atomic E-state index is 12.5. The highest BCUT2D eigenvalue weighted by atomic mass is 16.5. The second-order valence-electron chi connectivity index (χ2n) is 5.74. The Morgan fingerprint density at radius 3 is 2.88 bits per heavy atom. The highest BCUT2D eigenvalue weighted by Gasteiger charge is 2.29. The normalized spacial score (nSPS) is 17.7. The topological polar surface area (TPSA) is 88.2 Å². The lowest BCUT2D eigenvalue weighted by molar-refractivity contribution is -0.139. The van der Waals surface area contributed by atoms with E-state index in [-0.39, 0.29) is 24.2 Å². The van der Waals surface area contributed by atoms with Gasteiger partial charge in [0, 0.05) is 31.4 Å². The Kier molecular flexibility index (Phi) is 5.32. The van der Waals surface area contributed by atoms with Gasteiger partial charge in [0.1, 0.15) is 12.2 Å². The van der Waals surface area contributed by atoms with Crippen LogP contribution < -0.4 is 0 Å². The third-order valence-electron chi connectivity index (χ3n) is 4.11. The van der Waals surface area contributed by atoms with Gasteiger partial charge >= 0.3 is 0 Å². The molecular weight excluding hydrogens is 308 g/mol.